The number of imidazole rings is 1. The highest BCUT2D eigenvalue weighted by molar-refractivity contribution is 14.1. The number of hydrogen-bond acceptors (Lipinski definition) is 20. The van der Waals surface area contributed by atoms with Crippen molar-refractivity contribution < 1.29 is 76.7 Å². The molecule has 0 aliphatic rings. The Morgan fingerprint density at radius 2 is 0.552 bits per heavy atom. The number of halogens is 1. The van der Waals surface area contributed by atoms with E-state index in [0.29, 0.717) is 102 Å². The Kier molecular flexibility index (Phi) is 42.0. The van der Waals surface area contributed by atoms with E-state index >= 15 is 0 Å². The first-order chi connectivity index (χ1) is 63.3. The number of hydrogen-bond donors (Lipinski definition) is 13. The number of carbonyl (C=O) groups is 10. The predicted molar refractivity (Wildman–Crippen MR) is 540 cm³/mol. The minimum absolute atomic E-state index is 0.0788. The molecule has 0 unspecified atom stereocenters. The predicted octanol–water partition coefficient (Wildman–Crippen LogP) is 22.3. The number of carbonyl (C=O) groups excluding carboxylic acids is 10. The number of rotatable bonds is 18. The minimum Gasteiger partial charge on any atom is -0.465 e. The van der Waals surface area contributed by atoms with Gasteiger partial charge in [-0.05, 0) is 300 Å². The summed E-state index contributed by atoms with van der Waals surface area (Å²) >= 11 is 2.18. The Labute approximate surface area is 795 Å². The monoisotopic (exact) mass is 1930 g/mol. The van der Waals surface area contributed by atoms with Crippen LogP contribution in [0.1, 0.15) is 182 Å². The summed E-state index contributed by atoms with van der Waals surface area (Å²) in [6.45, 7) is 27.4. The van der Waals surface area contributed by atoms with E-state index in [1.165, 1.54) is 42.5 Å². The van der Waals surface area contributed by atoms with Crippen molar-refractivity contribution in [3.05, 3.63) is 339 Å². The van der Waals surface area contributed by atoms with Gasteiger partial charge in [0.25, 0.3) is 29.5 Å². The highest BCUT2D eigenvalue weighted by atomic mass is 127. The molecule has 0 atom stereocenters. The molecule has 31 heteroatoms. The van der Waals surface area contributed by atoms with Gasteiger partial charge >= 0.3 is 30.3 Å². The number of ether oxygens (including phenoxy) is 5. The Bertz CT molecular complexity index is 5720. The largest absolute Gasteiger partial charge is 0.465 e. The molecule has 11 aromatic carbocycles. The van der Waals surface area contributed by atoms with Crippen molar-refractivity contribution in [2.24, 2.45) is 7.05 Å². The number of aromatic nitrogens is 2. The molecule has 704 valence electrons. The first-order valence-electron chi connectivity index (χ1n) is 42.4. The fraction of sp³-hybridized carbons (Fsp3) is 0.233. The van der Waals surface area contributed by atoms with Crippen LogP contribution in [-0.4, -0.2) is 104 Å². The highest BCUT2D eigenvalue weighted by Crippen LogP contribution is 2.29. The summed E-state index contributed by atoms with van der Waals surface area (Å²) in [5.74, 6) is -0.747. The number of nitrogens with two attached hydrogens (primary N) is 3. The van der Waals surface area contributed by atoms with Crippen molar-refractivity contribution in [3.63, 3.8) is 0 Å². The number of aliphatic hydroxyl groups excluding tert-OH is 1. The van der Waals surface area contributed by atoms with Crippen LogP contribution in [0.2, 0.25) is 0 Å². The summed E-state index contributed by atoms with van der Waals surface area (Å²) in [4.78, 5) is 125. The van der Waals surface area contributed by atoms with Crippen LogP contribution in [0.25, 0.3) is 0 Å². The lowest BCUT2D eigenvalue weighted by atomic mass is 10.1. The van der Waals surface area contributed by atoms with E-state index in [9.17, 15) is 47.9 Å². The second-order valence-corrected chi connectivity index (χ2v) is 34.5. The van der Waals surface area contributed by atoms with Gasteiger partial charge in [-0.1, -0.05) is 123 Å². The lowest BCUT2D eigenvalue weighted by Crippen LogP contribution is -2.27. The molecule has 0 aliphatic heterocycles. The molecule has 0 aliphatic carbocycles. The Morgan fingerprint density at radius 1 is 0.328 bits per heavy atom. The van der Waals surface area contributed by atoms with Gasteiger partial charge in [0.05, 0.1) is 87.5 Å². The highest BCUT2D eigenvalue weighted by Gasteiger charge is 2.24. The number of amides is 9. The van der Waals surface area contributed by atoms with Gasteiger partial charge in [0.2, 0.25) is 0 Å². The molecule has 12 aromatic rings. The van der Waals surface area contributed by atoms with Gasteiger partial charge in [0.1, 0.15) is 28.2 Å². The van der Waals surface area contributed by atoms with E-state index in [0.717, 1.165) is 27.8 Å². The number of nitrogens with zero attached hydrogens (tertiary/aromatic N) is 2. The second kappa shape index (κ2) is 52.5. The number of esters is 1. The van der Waals surface area contributed by atoms with Crippen molar-refractivity contribution in [1.29, 1.82) is 0 Å². The molecule has 134 heavy (non-hydrogen) atoms. The van der Waals surface area contributed by atoms with Crippen molar-refractivity contribution in [2.45, 2.75) is 146 Å². The van der Waals surface area contributed by atoms with Crippen molar-refractivity contribution in [1.82, 2.24) is 9.55 Å². The Hall–Kier alpha value is -15.4. The lowest BCUT2D eigenvalue weighted by molar-refractivity contribution is 0.0595. The molecule has 0 spiro atoms. The maximum absolute atomic E-state index is 12.5. The average molecular weight is 1940 g/mol. The standard InChI is InChI=1S/C20H22N2O5.C20H24N2O3.C19H22N2O4.C18H19IN2O3.C15H16N2O.C6H8N2.C5H8N2/c1-20(2,3)27-19(25)22-16-8-6-5-7-15(16)21-17(23)13-9-11-14(12-10-13)18(24)26-4;1-5-14-10-12-15(13-11-14)18(23)21-16-8-6-7-9-17(16)22-19(24)25-20(2,3)4;1-19(2,3)25-18(24)21-16-7-5-4-6-15(16)20-17(23)14-10-8-13(12-22)9-11-14;1-18(2,3)24-17(23)21-15-7-5-4-6-14(15)20-16(22)12-8-10-13(19)11-9-12;1-2-11-7-9-12(10-8-11)15(18)17-14-6-4-3-5-13(14)16;7-5-3-1-2-4-6(5)8;1-5-6-3-4-7(5)2/h5-12H,1-4H3,(H,21,23)(H,22,25);6-13H,5H2,1-4H3,(H,21,23)(H,22,24);4-11,22H,12H2,1-3H3,(H,20,23)(H,21,24);4-11H,1-3H3,(H,20,22)(H,21,23);3-10H,2,16H2,1H3,(H,17,18);1-4H,7-8H2;3-4H,1-2H3. The third kappa shape index (κ3) is 39.5. The number of nitrogens with one attached hydrogen (secondary N) is 9. The van der Waals surface area contributed by atoms with Gasteiger partial charge in [-0.15, -0.1) is 0 Å². The number of methoxy groups -OCH3 is 1. The van der Waals surface area contributed by atoms with Crippen LogP contribution in [0, 0.1) is 10.5 Å². The maximum atomic E-state index is 12.5. The molecule has 1 heterocycles. The molecule has 0 bridgehead atoms. The van der Waals surface area contributed by atoms with E-state index in [4.69, 9.17) is 41.3 Å². The van der Waals surface area contributed by atoms with Gasteiger partial charge in [0, 0.05) is 50.8 Å². The van der Waals surface area contributed by atoms with Crippen LogP contribution in [0.4, 0.5) is 87.4 Å². The average Bonchev–Trinajstić information content (AvgIpc) is 0.895. The third-order valence-corrected chi connectivity index (χ3v) is 18.6. The molecule has 30 nitrogen and oxygen atoms in total. The van der Waals surface area contributed by atoms with Crippen molar-refractivity contribution in [3.8, 4) is 0 Å². The van der Waals surface area contributed by atoms with E-state index in [1.54, 1.807) is 259 Å². The molecule has 16 N–H and O–H groups in total. The number of aliphatic hydroxyl groups is 1. The lowest BCUT2D eigenvalue weighted by Gasteiger charge is -2.20. The zero-order valence-electron chi connectivity index (χ0n) is 78.3. The van der Waals surface area contributed by atoms with Crippen LogP contribution in [0.5, 0.6) is 0 Å². The number of nitrogen functional groups attached to an aromatic ring is 3. The summed E-state index contributed by atoms with van der Waals surface area (Å²) in [7, 11) is 3.26. The van der Waals surface area contributed by atoms with Gasteiger partial charge < -0.3 is 77.1 Å². The maximum Gasteiger partial charge on any atom is 0.412 e. The Balaban J connectivity index is 0.000000248. The van der Waals surface area contributed by atoms with Gasteiger partial charge in [0.15, 0.2) is 0 Å². The number of aryl methyl sites for hydroxylation is 4. The summed E-state index contributed by atoms with van der Waals surface area (Å²) in [6, 6.07) is 77.0. The topological polar surface area (TPSA) is 441 Å². The van der Waals surface area contributed by atoms with Gasteiger partial charge in [-0.3, -0.25) is 45.2 Å². The molecule has 12 rings (SSSR count). The summed E-state index contributed by atoms with van der Waals surface area (Å²) in [5.41, 5.74) is 26.3. The first kappa shape index (κ1) is 107. The smallest absolute Gasteiger partial charge is 0.412 e. The minimum atomic E-state index is -0.635. The second-order valence-electron chi connectivity index (χ2n) is 33.3. The SMILES string of the molecule is CC(C)(C)OC(=O)Nc1ccccc1NC(=O)c1ccc(CO)cc1.CC(C)(C)OC(=O)Nc1ccccc1NC(=O)c1ccc(I)cc1.CCc1ccc(C(=O)Nc2ccccc2N)cc1.CCc1ccc(C(=O)Nc2ccccc2NC(=O)OC(C)(C)C)cc1.COC(=O)c1ccc(C(=O)Nc2ccccc2NC(=O)OC(C)(C)C)cc1.Cc1nccn1C.Nc1ccccc1N. The quantitative estimate of drug-likeness (QED) is 0.0164. The van der Waals surface area contributed by atoms with E-state index in [-0.39, 0.29) is 36.1 Å². The van der Waals surface area contributed by atoms with Crippen molar-refractivity contribution >= 4 is 151 Å². The van der Waals surface area contributed by atoms with E-state index in [2.05, 4.69) is 94.0 Å². The molecule has 1 aromatic heterocycles. The van der Waals surface area contributed by atoms with E-state index in [1.807, 2.05) is 97.5 Å². The summed E-state index contributed by atoms with van der Waals surface area (Å²) in [6.07, 6.45) is 3.25. The van der Waals surface area contributed by atoms with Gasteiger partial charge in [-0.25, -0.2) is 29.0 Å². The fourth-order valence-electron chi connectivity index (χ4n) is 11.0. The Morgan fingerprint density at radius 3 is 0.769 bits per heavy atom. The van der Waals surface area contributed by atoms with Crippen LogP contribution in [-0.2, 0) is 50.2 Å². The van der Waals surface area contributed by atoms with Crippen molar-refractivity contribution in [2.75, 3.05) is 72.2 Å². The number of anilines is 12. The first-order valence-corrected chi connectivity index (χ1v) is 43.5. The number of benzene rings is 11. The van der Waals surface area contributed by atoms with Crippen LogP contribution >= 0.6 is 22.6 Å². The van der Waals surface area contributed by atoms with Crippen LogP contribution in [0.15, 0.2) is 279 Å². The molecule has 9 amide bonds. The summed E-state index contributed by atoms with van der Waals surface area (Å²) < 4.78 is 28.6. The fourth-order valence-corrected chi connectivity index (χ4v) is 11.4. The molecule has 0 saturated carbocycles. The molecular formula is C103H119IN14O16. The number of para-hydroxylation sites is 12. The zero-order chi connectivity index (χ0) is 98.9. The molecule has 0 radical (unpaired) electrons. The summed E-state index contributed by atoms with van der Waals surface area (Å²) in [5, 5.41) is 33.5. The molecular weight excluding hydrogens is 1820 g/mol. The normalized spacial score (nSPS) is 10.5. The third-order valence-electron chi connectivity index (χ3n) is 17.8. The van der Waals surface area contributed by atoms with Gasteiger partial charge in [-0.2, -0.15) is 0 Å². The molecule has 0 saturated heterocycles. The van der Waals surface area contributed by atoms with Crippen LogP contribution < -0.4 is 65.1 Å². The van der Waals surface area contributed by atoms with Crippen LogP contribution in [0.3, 0.4) is 0 Å². The van der Waals surface area contributed by atoms with E-state index < -0.39 is 52.7 Å². The zero-order valence-corrected chi connectivity index (χ0v) is 80.4. The molecule has 0 fully saturated rings.